The third-order valence-corrected chi connectivity index (χ3v) is 2.72. The highest BCUT2D eigenvalue weighted by atomic mass is 16.5. The third kappa shape index (κ3) is 3.25. The maximum Gasteiger partial charge on any atom is 0.340 e. The highest BCUT2D eigenvalue weighted by molar-refractivity contribution is 5.96. The summed E-state index contributed by atoms with van der Waals surface area (Å²) in [6, 6.07) is 5.20. The van der Waals surface area contributed by atoms with Gasteiger partial charge in [0.2, 0.25) is 0 Å². The van der Waals surface area contributed by atoms with Gasteiger partial charge in [0.25, 0.3) is 0 Å². The quantitative estimate of drug-likeness (QED) is 0.626. The van der Waals surface area contributed by atoms with Crippen molar-refractivity contribution in [3.05, 3.63) is 42.5 Å². The molecule has 0 spiro atoms. The minimum Gasteiger partial charge on any atom is -0.465 e. The fraction of sp³-hybridized carbons (Fsp3) is 0.231. The molecule has 0 unspecified atom stereocenters. The smallest absolute Gasteiger partial charge is 0.340 e. The Morgan fingerprint density at radius 1 is 1.53 bits per heavy atom. The van der Waals surface area contributed by atoms with Gasteiger partial charge in [0, 0.05) is 36.9 Å². The summed E-state index contributed by atoms with van der Waals surface area (Å²) in [7, 11) is 1.33. The molecule has 1 aromatic heterocycles. The Kier molecular flexibility index (Phi) is 4.02. The van der Waals surface area contributed by atoms with Gasteiger partial charge >= 0.3 is 5.97 Å². The molecule has 1 aromatic carbocycles. The van der Waals surface area contributed by atoms with Crippen molar-refractivity contribution in [2.24, 2.45) is 0 Å². The fourth-order valence-corrected chi connectivity index (χ4v) is 1.70. The van der Waals surface area contributed by atoms with Crippen molar-refractivity contribution in [3.8, 4) is 0 Å². The minimum atomic E-state index is -0.434. The molecular formula is C13H16N4O2. The van der Waals surface area contributed by atoms with E-state index in [1.807, 2.05) is 16.8 Å². The summed E-state index contributed by atoms with van der Waals surface area (Å²) in [5, 5.41) is 3.22. The molecule has 0 fully saturated rings. The van der Waals surface area contributed by atoms with E-state index < -0.39 is 5.97 Å². The van der Waals surface area contributed by atoms with Crippen LogP contribution in [0.3, 0.4) is 0 Å². The van der Waals surface area contributed by atoms with E-state index >= 15 is 0 Å². The number of ether oxygens (including phenoxy) is 1. The largest absolute Gasteiger partial charge is 0.465 e. The third-order valence-electron chi connectivity index (χ3n) is 2.72. The zero-order valence-electron chi connectivity index (χ0n) is 10.7. The number of aromatic nitrogens is 2. The van der Waals surface area contributed by atoms with E-state index in [-0.39, 0.29) is 0 Å². The number of esters is 1. The van der Waals surface area contributed by atoms with Crippen LogP contribution in [-0.2, 0) is 11.3 Å². The van der Waals surface area contributed by atoms with E-state index in [1.54, 1.807) is 24.7 Å². The number of hydrogen-bond acceptors (Lipinski definition) is 5. The number of carbonyl (C=O) groups excluding carboxylic acids is 1. The molecule has 0 radical (unpaired) electrons. The lowest BCUT2D eigenvalue weighted by atomic mass is 10.1. The molecule has 0 saturated carbocycles. The Balaban J connectivity index is 1.99. The summed E-state index contributed by atoms with van der Waals surface area (Å²) in [5.74, 6) is -0.434. The van der Waals surface area contributed by atoms with Crippen molar-refractivity contribution in [2.75, 3.05) is 24.7 Å². The molecule has 2 rings (SSSR count). The van der Waals surface area contributed by atoms with Gasteiger partial charge < -0.3 is 20.4 Å². The maximum atomic E-state index is 11.5. The van der Waals surface area contributed by atoms with Crippen molar-refractivity contribution < 1.29 is 9.53 Å². The van der Waals surface area contributed by atoms with E-state index in [9.17, 15) is 4.79 Å². The van der Waals surface area contributed by atoms with Crippen LogP contribution in [0.4, 0.5) is 11.4 Å². The first-order valence-corrected chi connectivity index (χ1v) is 5.88. The molecule has 0 aliphatic heterocycles. The van der Waals surface area contributed by atoms with Gasteiger partial charge in [-0.15, -0.1) is 0 Å². The summed E-state index contributed by atoms with van der Waals surface area (Å²) in [4.78, 5) is 15.5. The predicted octanol–water partition coefficient (Wildman–Crippen LogP) is 1.36. The summed E-state index contributed by atoms with van der Waals surface area (Å²) in [5.41, 5.74) is 7.34. The van der Waals surface area contributed by atoms with Gasteiger partial charge in [-0.2, -0.15) is 0 Å². The summed E-state index contributed by atoms with van der Waals surface area (Å²) in [6.45, 7) is 1.51. The van der Waals surface area contributed by atoms with Gasteiger partial charge in [-0.05, 0) is 18.2 Å². The standard InChI is InChI=1S/C13H16N4O2/c1-19-13(18)11-8-10(2-3-12(11)14)16-5-7-17-6-4-15-9-17/h2-4,6,8-9,16H,5,7,14H2,1H3. The van der Waals surface area contributed by atoms with E-state index in [1.165, 1.54) is 7.11 Å². The second-order valence-electron chi connectivity index (χ2n) is 4.02. The molecule has 0 atom stereocenters. The van der Waals surface area contributed by atoms with Crippen LogP contribution in [-0.4, -0.2) is 29.2 Å². The molecule has 6 nitrogen and oxygen atoms in total. The molecule has 100 valence electrons. The Morgan fingerprint density at radius 2 is 2.37 bits per heavy atom. The number of hydrogen-bond donors (Lipinski definition) is 2. The van der Waals surface area contributed by atoms with Crippen molar-refractivity contribution in [3.63, 3.8) is 0 Å². The van der Waals surface area contributed by atoms with Crippen molar-refractivity contribution >= 4 is 17.3 Å². The number of benzene rings is 1. The van der Waals surface area contributed by atoms with Crippen LogP contribution in [0.1, 0.15) is 10.4 Å². The molecule has 0 bridgehead atoms. The van der Waals surface area contributed by atoms with Gasteiger partial charge in [-0.1, -0.05) is 0 Å². The van der Waals surface area contributed by atoms with E-state index in [0.29, 0.717) is 11.3 Å². The average Bonchev–Trinajstić information content (AvgIpc) is 2.93. The summed E-state index contributed by atoms with van der Waals surface area (Å²) < 4.78 is 6.64. The van der Waals surface area contributed by atoms with E-state index in [2.05, 4.69) is 15.0 Å². The molecule has 1 heterocycles. The maximum absolute atomic E-state index is 11.5. The summed E-state index contributed by atoms with van der Waals surface area (Å²) >= 11 is 0. The fourth-order valence-electron chi connectivity index (χ4n) is 1.70. The Morgan fingerprint density at radius 3 is 3.05 bits per heavy atom. The van der Waals surface area contributed by atoms with Crippen LogP contribution in [0.25, 0.3) is 0 Å². The molecule has 0 saturated heterocycles. The topological polar surface area (TPSA) is 82.2 Å². The lowest BCUT2D eigenvalue weighted by Crippen LogP contribution is -2.11. The minimum absolute atomic E-state index is 0.370. The highest BCUT2D eigenvalue weighted by Crippen LogP contribution is 2.18. The Labute approximate surface area is 111 Å². The first-order valence-electron chi connectivity index (χ1n) is 5.88. The number of nitrogens with one attached hydrogen (secondary N) is 1. The number of imidazole rings is 1. The lowest BCUT2D eigenvalue weighted by molar-refractivity contribution is 0.0602. The number of carbonyl (C=O) groups is 1. The van der Waals surface area contributed by atoms with Crippen LogP contribution in [0.2, 0.25) is 0 Å². The number of nitrogens with zero attached hydrogens (tertiary/aromatic N) is 2. The van der Waals surface area contributed by atoms with Crippen LogP contribution < -0.4 is 11.1 Å². The monoisotopic (exact) mass is 260 g/mol. The molecule has 2 aromatic rings. The number of anilines is 2. The van der Waals surface area contributed by atoms with E-state index in [0.717, 1.165) is 18.8 Å². The zero-order chi connectivity index (χ0) is 13.7. The van der Waals surface area contributed by atoms with Crippen LogP contribution in [0.15, 0.2) is 36.9 Å². The average molecular weight is 260 g/mol. The number of nitrogen functional groups attached to an aromatic ring is 1. The summed E-state index contributed by atoms with van der Waals surface area (Å²) in [6.07, 6.45) is 5.38. The molecular weight excluding hydrogens is 244 g/mol. The molecule has 0 amide bonds. The van der Waals surface area contributed by atoms with Gasteiger partial charge in [-0.3, -0.25) is 0 Å². The first kappa shape index (κ1) is 12.9. The van der Waals surface area contributed by atoms with Crippen LogP contribution in [0, 0.1) is 0 Å². The van der Waals surface area contributed by atoms with Gasteiger partial charge in [0.05, 0.1) is 19.0 Å². The number of nitrogens with two attached hydrogens (primary N) is 1. The lowest BCUT2D eigenvalue weighted by Gasteiger charge is -2.10. The van der Waals surface area contributed by atoms with Crippen LogP contribution >= 0.6 is 0 Å². The van der Waals surface area contributed by atoms with Crippen molar-refractivity contribution in [2.45, 2.75) is 6.54 Å². The number of rotatable bonds is 5. The van der Waals surface area contributed by atoms with Gasteiger partial charge in [0.1, 0.15) is 0 Å². The SMILES string of the molecule is COC(=O)c1cc(NCCn2ccnc2)ccc1N. The molecule has 0 aliphatic carbocycles. The van der Waals surface area contributed by atoms with Gasteiger partial charge in [-0.25, -0.2) is 9.78 Å². The van der Waals surface area contributed by atoms with Crippen molar-refractivity contribution in [1.82, 2.24) is 9.55 Å². The first-order chi connectivity index (χ1) is 9.20. The predicted molar refractivity (Wildman–Crippen MR) is 72.9 cm³/mol. The van der Waals surface area contributed by atoms with E-state index in [4.69, 9.17) is 5.73 Å². The molecule has 19 heavy (non-hydrogen) atoms. The Hall–Kier alpha value is -2.50. The highest BCUT2D eigenvalue weighted by Gasteiger charge is 2.10. The second-order valence-corrected chi connectivity index (χ2v) is 4.02. The zero-order valence-corrected chi connectivity index (χ0v) is 10.7. The number of methoxy groups -OCH3 is 1. The van der Waals surface area contributed by atoms with Crippen molar-refractivity contribution in [1.29, 1.82) is 0 Å². The van der Waals surface area contributed by atoms with Crippen LogP contribution in [0.5, 0.6) is 0 Å². The molecule has 3 N–H and O–H groups in total. The van der Waals surface area contributed by atoms with Gasteiger partial charge in [0.15, 0.2) is 0 Å². The molecule has 6 heteroatoms. The molecule has 0 aliphatic rings. The normalized spacial score (nSPS) is 10.2. The second kappa shape index (κ2) is 5.90. The Bertz CT molecular complexity index is 552.